The van der Waals surface area contributed by atoms with Crippen LogP contribution in [0.25, 0.3) is 0 Å². The van der Waals surface area contributed by atoms with Crippen LogP contribution < -0.4 is 0 Å². The van der Waals surface area contributed by atoms with E-state index < -0.39 is 11.0 Å². The number of rotatable bonds is 2. The Morgan fingerprint density at radius 3 is 2.60 bits per heavy atom. The second-order valence-electron chi connectivity index (χ2n) is 6.48. The van der Waals surface area contributed by atoms with E-state index in [2.05, 4.69) is 13.0 Å². The number of hydrogen-bond donors (Lipinski definition) is 1. The lowest BCUT2D eigenvalue weighted by Gasteiger charge is -2.41. The van der Waals surface area contributed by atoms with Crippen molar-refractivity contribution in [2.75, 3.05) is 0 Å². The Morgan fingerprint density at radius 1 is 1.35 bits per heavy atom. The Balaban J connectivity index is 2.06. The van der Waals surface area contributed by atoms with Gasteiger partial charge in [0.25, 0.3) is 0 Å². The summed E-state index contributed by atoms with van der Waals surface area (Å²) in [7, 11) is 0. The first-order chi connectivity index (χ1) is 9.40. The van der Waals surface area contributed by atoms with E-state index in [1.54, 1.807) is 6.92 Å². The summed E-state index contributed by atoms with van der Waals surface area (Å²) in [6, 6.07) is 8.36. The van der Waals surface area contributed by atoms with Crippen molar-refractivity contribution in [2.24, 2.45) is 5.41 Å². The van der Waals surface area contributed by atoms with Crippen LogP contribution in [0.1, 0.15) is 42.9 Å². The maximum atomic E-state index is 11.2. The summed E-state index contributed by atoms with van der Waals surface area (Å²) in [5.74, 6) is 0. The Hall–Kier alpha value is -1.37. The maximum absolute atomic E-state index is 11.2. The minimum atomic E-state index is -1.18. The zero-order chi connectivity index (χ0) is 14.5. The van der Waals surface area contributed by atoms with E-state index in [4.69, 9.17) is 4.74 Å². The van der Waals surface area contributed by atoms with Gasteiger partial charge in [-0.2, -0.15) is 5.26 Å². The van der Waals surface area contributed by atoms with Crippen LogP contribution in [0.15, 0.2) is 18.2 Å². The molecule has 0 spiro atoms. The van der Waals surface area contributed by atoms with Gasteiger partial charge in [-0.3, -0.25) is 0 Å². The molecule has 1 aromatic rings. The Morgan fingerprint density at radius 2 is 2.10 bits per heavy atom. The highest BCUT2D eigenvalue weighted by molar-refractivity contribution is 5.37. The first kappa shape index (κ1) is 13.6. The monoisotopic (exact) mass is 271 g/mol. The van der Waals surface area contributed by atoms with E-state index in [9.17, 15) is 10.4 Å². The molecular weight excluding hydrogens is 250 g/mol. The Bertz CT molecular complexity index is 587. The van der Waals surface area contributed by atoms with E-state index in [-0.39, 0.29) is 12.2 Å². The molecule has 106 valence electrons. The highest BCUT2D eigenvalue weighted by Gasteiger charge is 2.62. The van der Waals surface area contributed by atoms with Crippen molar-refractivity contribution in [3.05, 3.63) is 34.9 Å². The molecule has 3 rings (SSSR count). The molecule has 2 bridgehead atoms. The fourth-order valence-corrected chi connectivity index (χ4v) is 3.75. The number of nitrogens with zero attached hydrogens (tertiary/aromatic N) is 1. The fourth-order valence-electron chi connectivity index (χ4n) is 3.75. The molecular formula is C17H21NO2. The smallest absolute Gasteiger partial charge is 0.118 e. The van der Waals surface area contributed by atoms with Crippen molar-refractivity contribution in [1.82, 2.24) is 0 Å². The second-order valence-corrected chi connectivity index (χ2v) is 6.48. The third-order valence-electron chi connectivity index (χ3n) is 5.34. The molecule has 2 aliphatic rings. The summed E-state index contributed by atoms with van der Waals surface area (Å²) >= 11 is 0. The van der Waals surface area contributed by atoms with Crippen LogP contribution in [0.2, 0.25) is 0 Å². The van der Waals surface area contributed by atoms with Gasteiger partial charge in [-0.05, 0) is 56.7 Å². The summed E-state index contributed by atoms with van der Waals surface area (Å²) in [5, 5.41) is 20.9. The zero-order valence-corrected chi connectivity index (χ0v) is 12.3. The SMILES string of the molecule is Cc1ccc(C(C)(O)C2(C#N)CC3CCC2O3)cc1C. The summed E-state index contributed by atoms with van der Waals surface area (Å²) in [5.41, 5.74) is 1.15. The van der Waals surface area contributed by atoms with Gasteiger partial charge in [0.1, 0.15) is 11.0 Å². The Labute approximate surface area is 120 Å². The number of ether oxygens (including phenoxy) is 1. The normalized spacial score (nSPS) is 34.8. The predicted molar refractivity (Wildman–Crippen MR) is 76.0 cm³/mol. The van der Waals surface area contributed by atoms with Crippen molar-refractivity contribution in [1.29, 1.82) is 5.26 Å². The van der Waals surface area contributed by atoms with Crippen LogP contribution in [0.4, 0.5) is 0 Å². The molecule has 1 aromatic carbocycles. The van der Waals surface area contributed by atoms with Gasteiger partial charge < -0.3 is 9.84 Å². The van der Waals surface area contributed by atoms with Gasteiger partial charge in [0.2, 0.25) is 0 Å². The summed E-state index contributed by atoms with van der Waals surface area (Å²) in [4.78, 5) is 0. The number of aliphatic hydroxyl groups is 1. The van der Waals surface area contributed by atoms with Gasteiger partial charge >= 0.3 is 0 Å². The van der Waals surface area contributed by atoms with Crippen molar-refractivity contribution in [3.8, 4) is 6.07 Å². The third kappa shape index (κ3) is 1.65. The molecule has 0 amide bonds. The minimum Gasteiger partial charge on any atom is -0.384 e. The molecule has 20 heavy (non-hydrogen) atoms. The molecule has 2 aliphatic heterocycles. The predicted octanol–water partition coefficient (Wildman–Crippen LogP) is 2.97. The molecule has 2 saturated heterocycles. The van der Waals surface area contributed by atoms with Gasteiger partial charge in [0.15, 0.2) is 0 Å². The molecule has 3 heteroatoms. The zero-order valence-electron chi connectivity index (χ0n) is 12.3. The summed E-state index contributed by atoms with van der Waals surface area (Å²) in [6.07, 6.45) is 2.51. The maximum Gasteiger partial charge on any atom is 0.118 e. The summed E-state index contributed by atoms with van der Waals surface area (Å²) in [6.45, 7) is 5.85. The van der Waals surface area contributed by atoms with Crippen LogP contribution in [-0.4, -0.2) is 17.3 Å². The first-order valence-electron chi connectivity index (χ1n) is 7.27. The van der Waals surface area contributed by atoms with Crippen molar-refractivity contribution in [3.63, 3.8) is 0 Å². The number of benzene rings is 1. The van der Waals surface area contributed by atoms with Crippen LogP contribution in [0.5, 0.6) is 0 Å². The molecule has 0 saturated carbocycles. The first-order valence-corrected chi connectivity index (χ1v) is 7.27. The van der Waals surface area contributed by atoms with E-state index in [0.717, 1.165) is 24.0 Å². The fraction of sp³-hybridized carbons (Fsp3) is 0.588. The van der Waals surface area contributed by atoms with E-state index in [1.807, 2.05) is 25.1 Å². The molecule has 4 unspecified atom stereocenters. The van der Waals surface area contributed by atoms with Crippen molar-refractivity contribution < 1.29 is 9.84 Å². The van der Waals surface area contributed by atoms with Crippen LogP contribution in [0.3, 0.4) is 0 Å². The third-order valence-corrected chi connectivity index (χ3v) is 5.34. The highest BCUT2D eigenvalue weighted by atomic mass is 16.5. The van der Waals surface area contributed by atoms with E-state index >= 15 is 0 Å². The van der Waals surface area contributed by atoms with E-state index in [0.29, 0.717) is 6.42 Å². The average molecular weight is 271 g/mol. The van der Waals surface area contributed by atoms with Gasteiger partial charge in [0, 0.05) is 0 Å². The second kappa shape index (κ2) is 4.31. The molecule has 4 atom stereocenters. The lowest BCUT2D eigenvalue weighted by atomic mass is 9.62. The minimum absolute atomic E-state index is 0.137. The topological polar surface area (TPSA) is 53.2 Å². The molecule has 0 aliphatic carbocycles. The largest absolute Gasteiger partial charge is 0.384 e. The number of nitriles is 1. The lowest BCUT2D eigenvalue weighted by molar-refractivity contribution is -0.0773. The average Bonchev–Trinajstić information content (AvgIpc) is 3.02. The highest BCUT2D eigenvalue weighted by Crippen LogP contribution is 2.56. The standard InChI is InChI=1S/C17H21NO2/c1-11-4-5-13(8-12(11)2)16(3,19)17(10-18)9-14-6-7-15(17)20-14/h4-5,8,14-15,19H,6-7,9H2,1-3H3. The number of aryl methyl sites for hydroxylation is 2. The molecule has 0 radical (unpaired) electrons. The van der Waals surface area contributed by atoms with Crippen LogP contribution >= 0.6 is 0 Å². The van der Waals surface area contributed by atoms with Gasteiger partial charge in [-0.25, -0.2) is 0 Å². The van der Waals surface area contributed by atoms with Gasteiger partial charge in [-0.1, -0.05) is 18.2 Å². The van der Waals surface area contributed by atoms with Gasteiger partial charge in [0.05, 0.1) is 18.3 Å². The molecule has 3 nitrogen and oxygen atoms in total. The van der Waals surface area contributed by atoms with Crippen molar-refractivity contribution in [2.45, 2.75) is 57.8 Å². The number of fused-ring (bicyclic) bond motifs is 2. The number of hydrogen-bond acceptors (Lipinski definition) is 3. The molecule has 1 N–H and O–H groups in total. The van der Waals surface area contributed by atoms with Crippen LogP contribution in [0, 0.1) is 30.6 Å². The molecule has 2 fully saturated rings. The Kier molecular flexibility index (Phi) is 2.93. The van der Waals surface area contributed by atoms with Crippen molar-refractivity contribution >= 4 is 0 Å². The van der Waals surface area contributed by atoms with Crippen LogP contribution in [-0.2, 0) is 10.3 Å². The lowest BCUT2D eigenvalue weighted by Crippen LogP contribution is -2.49. The molecule has 0 aromatic heterocycles. The quantitative estimate of drug-likeness (QED) is 0.899. The van der Waals surface area contributed by atoms with E-state index in [1.165, 1.54) is 5.56 Å². The molecule has 2 heterocycles. The van der Waals surface area contributed by atoms with Gasteiger partial charge in [-0.15, -0.1) is 0 Å². The summed E-state index contributed by atoms with van der Waals surface area (Å²) < 4.78 is 5.86.